The molecule has 16 heavy (non-hydrogen) atoms. The molecule has 1 aliphatic heterocycles. The molecule has 1 fully saturated rings. The van der Waals surface area contributed by atoms with Gasteiger partial charge in [-0.1, -0.05) is 17.7 Å². The largest absolute Gasteiger partial charge is 0.495 e. The molecule has 2 unspecified atom stereocenters. The molecule has 0 saturated carbocycles. The van der Waals surface area contributed by atoms with E-state index in [0.29, 0.717) is 16.7 Å². The summed E-state index contributed by atoms with van der Waals surface area (Å²) in [6.45, 7) is 2.05. The van der Waals surface area contributed by atoms with Crippen LogP contribution in [0.15, 0.2) is 18.2 Å². The summed E-state index contributed by atoms with van der Waals surface area (Å²) in [7, 11) is 1.61. The highest BCUT2D eigenvalue weighted by atomic mass is 35.5. The summed E-state index contributed by atoms with van der Waals surface area (Å²) in [5.74, 6) is 1.20. The summed E-state index contributed by atoms with van der Waals surface area (Å²) in [6, 6.07) is 5.83. The van der Waals surface area contributed by atoms with E-state index in [2.05, 4.69) is 5.32 Å². The topological polar surface area (TPSA) is 47.3 Å². The number of rotatable bonds is 3. The minimum atomic E-state index is 0.0541. The van der Waals surface area contributed by atoms with Gasteiger partial charge in [0.05, 0.1) is 12.1 Å². The highest BCUT2D eigenvalue weighted by Crippen LogP contribution is 2.30. The molecular weight excluding hydrogens is 224 g/mol. The first-order valence-electron chi connectivity index (χ1n) is 5.52. The maximum atomic E-state index is 6.22. The highest BCUT2D eigenvalue weighted by molar-refractivity contribution is 6.32. The van der Waals surface area contributed by atoms with Crippen LogP contribution in [0, 0.1) is 5.92 Å². The number of nitrogens with one attached hydrogen (secondary N) is 1. The van der Waals surface area contributed by atoms with E-state index in [1.165, 1.54) is 0 Å². The van der Waals surface area contributed by atoms with Crippen LogP contribution >= 0.6 is 11.6 Å². The third-order valence-electron chi connectivity index (χ3n) is 3.17. The molecule has 2 atom stereocenters. The van der Waals surface area contributed by atoms with E-state index in [-0.39, 0.29) is 6.04 Å². The third-order valence-corrected chi connectivity index (χ3v) is 3.46. The van der Waals surface area contributed by atoms with Gasteiger partial charge in [-0.2, -0.15) is 0 Å². The van der Waals surface area contributed by atoms with Crippen LogP contribution in [-0.2, 0) is 0 Å². The Hall–Kier alpha value is -0.770. The molecule has 1 aromatic rings. The van der Waals surface area contributed by atoms with E-state index >= 15 is 0 Å². The second-order valence-electron chi connectivity index (χ2n) is 4.17. The lowest BCUT2D eigenvalue weighted by Crippen LogP contribution is -2.23. The van der Waals surface area contributed by atoms with Crippen molar-refractivity contribution >= 4 is 11.6 Å². The first-order chi connectivity index (χ1) is 7.72. The molecule has 3 N–H and O–H groups in total. The van der Waals surface area contributed by atoms with Crippen LogP contribution in [0.4, 0.5) is 0 Å². The summed E-state index contributed by atoms with van der Waals surface area (Å²) in [5, 5.41) is 3.95. The van der Waals surface area contributed by atoms with E-state index in [1.807, 2.05) is 18.2 Å². The van der Waals surface area contributed by atoms with Crippen LogP contribution in [-0.4, -0.2) is 20.2 Å². The van der Waals surface area contributed by atoms with Gasteiger partial charge in [-0.25, -0.2) is 0 Å². The van der Waals surface area contributed by atoms with Crippen molar-refractivity contribution < 1.29 is 4.74 Å². The molecule has 0 amide bonds. The van der Waals surface area contributed by atoms with Crippen molar-refractivity contribution in [3.63, 3.8) is 0 Å². The average molecular weight is 241 g/mol. The molecule has 2 rings (SSSR count). The predicted octanol–water partition coefficient (Wildman–Crippen LogP) is 1.96. The molecule has 1 heterocycles. The zero-order chi connectivity index (χ0) is 11.5. The van der Waals surface area contributed by atoms with Gasteiger partial charge in [0.25, 0.3) is 0 Å². The standard InChI is InChI=1S/C12H17ClN2O/c1-16-11-3-2-8(6-10(11)13)12(14)9-4-5-15-7-9/h2-3,6,9,12,15H,4-5,7,14H2,1H3. The first-order valence-corrected chi connectivity index (χ1v) is 5.90. The van der Waals surface area contributed by atoms with Gasteiger partial charge >= 0.3 is 0 Å². The third kappa shape index (κ3) is 2.32. The Bertz CT molecular complexity index is 364. The number of benzene rings is 1. The minimum Gasteiger partial charge on any atom is -0.495 e. The Morgan fingerprint density at radius 2 is 2.38 bits per heavy atom. The van der Waals surface area contributed by atoms with Crippen LogP contribution in [0.25, 0.3) is 0 Å². The normalized spacial score (nSPS) is 22.1. The van der Waals surface area contributed by atoms with Gasteiger partial charge in [-0.15, -0.1) is 0 Å². The van der Waals surface area contributed by atoms with Gasteiger partial charge < -0.3 is 15.8 Å². The van der Waals surface area contributed by atoms with E-state index in [9.17, 15) is 0 Å². The lowest BCUT2D eigenvalue weighted by Gasteiger charge is -2.19. The number of hydrogen-bond donors (Lipinski definition) is 2. The van der Waals surface area contributed by atoms with Crippen molar-refractivity contribution in [1.29, 1.82) is 0 Å². The van der Waals surface area contributed by atoms with Crippen molar-refractivity contribution in [1.82, 2.24) is 5.32 Å². The molecule has 0 radical (unpaired) electrons. The Morgan fingerprint density at radius 3 is 2.94 bits per heavy atom. The molecule has 0 aliphatic carbocycles. The lowest BCUT2D eigenvalue weighted by molar-refractivity contribution is 0.414. The maximum absolute atomic E-state index is 6.22. The van der Waals surface area contributed by atoms with Crippen LogP contribution in [0.5, 0.6) is 5.75 Å². The van der Waals surface area contributed by atoms with Gasteiger partial charge in [-0.3, -0.25) is 0 Å². The fourth-order valence-electron chi connectivity index (χ4n) is 2.15. The average Bonchev–Trinajstić information content (AvgIpc) is 2.81. The summed E-state index contributed by atoms with van der Waals surface area (Å²) >= 11 is 6.08. The molecule has 4 heteroatoms. The Kier molecular flexibility index (Phi) is 3.69. The van der Waals surface area contributed by atoms with E-state index in [0.717, 1.165) is 25.1 Å². The summed E-state index contributed by atoms with van der Waals surface area (Å²) in [6.07, 6.45) is 1.13. The molecule has 1 saturated heterocycles. The quantitative estimate of drug-likeness (QED) is 0.849. The molecule has 0 spiro atoms. The van der Waals surface area contributed by atoms with Crippen molar-refractivity contribution in [2.24, 2.45) is 11.7 Å². The number of halogens is 1. The van der Waals surface area contributed by atoms with Crippen LogP contribution in [0.3, 0.4) is 0 Å². The van der Waals surface area contributed by atoms with E-state index in [4.69, 9.17) is 22.1 Å². The second-order valence-corrected chi connectivity index (χ2v) is 4.58. The molecular formula is C12H17ClN2O. The highest BCUT2D eigenvalue weighted by Gasteiger charge is 2.23. The van der Waals surface area contributed by atoms with Gasteiger partial charge in [0.1, 0.15) is 5.75 Å². The number of ether oxygens (including phenoxy) is 1. The molecule has 0 bridgehead atoms. The minimum absolute atomic E-state index is 0.0541. The number of hydrogen-bond acceptors (Lipinski definition) is 3. The summed E-state index contributed by atoms with van der Waals surface area (Å²) < 4.78 is 5.12. The summed E-state index contributed by atoms with van der Waals surface area (Å²) in [4.78, 5) is 0. The van der Waals surface area contributed by atoms with Crippen LogP contribution in [0.1, 0.15) is 18.0 Å². The zero-order valence-electron chi connectivity index (χ0n) is 9.37. The lowest BCUT2D eigenvalue weighted by atomic mass is 9.93. The Morgan fingerprint density at radius 1 is 1.56 bits per heavy atom. The summed E-state index contributed by atoms with van der Waals surface area (Å²) in [5.41, 5.74) is 7.30. The van der Waals surface area contributed by atoms with Gasteiger partial charge in [0.2, 0.25) is 0 Å². The van der Waals surface area contributed by atoms with Gasteiger partial charge in [0.15, 0.2) is 0 Å². The smallest absolute Gasteiger partial charge is 0.137 e. The monoisotopic (exact) mass is 240 g/mol. The van der Waals surface area contributed by atoms with Crippen molar-refractivity contribution in [3.8, 4) is 5.75 Å². The molecule has 88 valence electrons. The number of methoxy groups -OCH3 is 1. The fourth-order valence-corrected chi connectivity index (χ4v) is 2.41. The predicted molar refractivity (Wildman–Crippen MR) is 65.9 cm³/mol. The van der Waals surface area contributed by atoms with E-state index in [1.54, 1.807) is 7.11 Å². The van der Waals surface area contributed by atoms with Gasteiger partial charge in [0, 0.05) is 6.04 Å². The van der Waals surface area contributed by atoms with Crippen LogP contribution < -0.4 is 15.8 Å². The zero-order valence-corrected chi connectivity index (χ0v) is 10.1. The Labute approximate surface area is 101 Å². The first kappa shape index (κ1) is 11.7. The molecule has 1 aromatic carbocycles. The fraction of sp³-hybridized carbons (Fsp3) is 0.500. The second kappa shape index (κ2) is 5.04. The number of nitrogens with two attached hydrogens (primary N) is 1. The van der Waals surface area contributed by atoms with Crippen molar-refractivity contribution in [2.45, 2.75) is 12.5 Å². The van der Waals surface area contributed by atoms with Crippen LogP contribution in [0.2, 0.25) is 5.02 Å². The molecule has 1 aliphatic rings. The van der Waals surface area contributed by atoms with E-state index < -0.39 is 0 Å². The molecule has 3 nitrogen and oxygen atoms in total. The Balaban J connectivity index is 2.16. The molecule has 0 aromatic heterocycles. The SMILES string of the molecule is COc1ccc(C(N)C2CCNC2)cc1Cl. The van der Waals surface area contributed by atoms with Crippen molar-refractivity contribution in [2.75, 3.05) is 20.2 Å². The van der Waals surface area contributed by atoms with Crippen molar-refractivity contribution in [3.05, 3.63) is 28.8 Å². The van der Waals surface area contributed by atoms with Gasteiger partial charge in [-0.05, 0) is 43.1 Å². The maximum Gasteiger partial charge on any atom is 0.137 e.